The Labute approximate surface area is 88.0 Å². The van der Waals surface area contributed by atoms with E-state index in [2.05, 4.69) is 17.9 Å². The zero-order chi connectivity index (χ0) is 12.0. The zero-order valence-electron chi connectivity index (χ0n) is 8.78. The normalized spacial score (nSPS) is 8.93. The van der Waals surface area contributed by atoms with Crippen molar-refractivity contribution in [2.75, 3.05) is 6.61 Å². The van der Waals surface area contributed by atoms with E-state index in [4.69, 9.17) is 0 Å². The average molecular weight is 211 g/mol. The van der Waals surface area contributed by atoms with Crippen LogP contribution in [0.5, 0.6) is 0 Å². The first-order chi connectivity index (χ1) is 6.95. The van der Waals surface area contributed by atoms with Crippen LogP contribution in [0.2, 0.25) is 0 Å². The van der Waals surface area contributed by atoms with Gasteiger partial charge in [0.1, 0.15) is 0 Å². The highest BCUT2D eigenvalue weighted by molar-refractivity contribution is 6.16. The first-order valence-electron chi connectivity index (χ1n) is 4.28. The highest BCUT2D eigenvalue weighted by atomic mass is 16.6. The molecule has 0 N–H and O–H groups in total. The van der Waals surface area contributed by atoms with Crippen LogP contribution in [0.3, 0.4) is 0 Å². The fourth-order valence-electron chi connectivity index (χ4n) is 0.743. The number of carbonyl (C=O) groups is 3. The molecule has 0 aromatic heterocycles. The van der Waals surface area contributed by atoms with Crippen LogP contribution >= 0.6 is 0 Å². The number of amides is 3. The molecule has 0 heterocycles. The summed E-state index contributed by atoms with van der Waals surface area (Å²) < 4.78 is 4.55. The maximum Gasteiger partial charge on any atom is 0.424 e. The topological polar surface area (TPSA) is 63.7 Å². The molecule has 3 amide bonds. The summed E-state index contributed by atoms with van der Waals surface area (Å²) in [5, 5.41) is 0. The molecule has 82 valence electrons. The third kappa shape index (κ3) is 3.38. The molecule has 0 aliphatic rings. The molecule has 0 saturated carbocycles. The monoisotopic (exact) mass is 211 g/mol. The second-order valence-corrected chi connectivity index (χ2v) is 2.66. The molecular weight excluding hydrogens is 198 g/mol. The summed E-state index contributed by atoms with van der Waals surface area (Å²) in [6, 6.07) is 0. The van der Waals surface area contributed by atoms with Crippen LogP contribution in [-0.4, -0.2) is 29.4 Å². The van der Waals surface area contributed by atoms with Gasteiger partial charge in [0.05, 0.1) is 6.61 Å². The van der Waals surface area contributed by atoms with Crippen LogP contribution in [0.25, 0.3) is 0 Å². The number of imide groups is 3. The summed E-state index contributed by atoms with van der Waals surface area (Å²) in [6.07, 6.45) is -0.159. The van der Waals surface area contributed by atoms with E-state index in [-0.39, 0.29) is 12.2 Å². The number of rotatable bonds is 3. The number of carbonyl (C=O) groups excluding carboxylic acids is 3. The van der Waals surface area contributed by atoms with Gasteiger partial charge in [-0.05, 0) is 19.9 Å². The molecule has 0 rings (SSSR count). The van der Waals surface area contributed by atoms with Crippen LogP contribution in [0.4, 0.5) is 4.79 Å². The van der Waals surface area contributed by atoms with Crippen LogP contribution < -0.4 is 0 Å². The third-order valence-corrected chi connectivity index (χ3v) is 1.41. The highest BCUT2D eigenvalue weighted by Crippen LogP contribution is 2.03. The van der Waals surface area contributed by atoms with E-state index in [9.17, 15) is 14.4 Å². The lowest BCUT2D eigenvalue weighted by Crippen LogP contribution is -2.41. The van der Waals surface area contributed by atoms with Gasteiger partial charge in [-0.25, -0.2) is 4.79 Å². The minimum atomic E-state index is -1.02. The lowest BCUT2D eigenvalue weighted by molar-refractivity contribution is -0.137. The van der Waals surface area contributed by atoms with E-state index in [0.717, 1.165) is 6.08 Å². The molecule has 0 bridgehead atoms. The van der Waals surface area contributed by atoms with Gasteiger partial charge in [-0.15, -0.1) is 0 Å². The Morgan fingerprint density at radius 1 is 1.40 bits per heavy atom. The predicted molar refractivity (Wildman–Crippen MR) is 53.9 cm³/mol. The van der Waals surface area contributed by atoms with Crippen molar-refractivity contribution in [2.24, 2.45) is 0 Å². The lowest BCUT2D eigenvalue weighted by Gasteiger charge is -2.16. The largest absolute Gasteiger partial charge is 0.449 e. The van der Waals surface area contributed by atoms with E-state index in [1.165, 1.54) is 6.92 Å². The highest BCUT2D eigenvalue weighted by Gasteiger charge is 2.28. The maximum absolute atomic E-state index is 11.4. The standard InChI is InChI=1S/C10H13NO4/c1-5-8(12)11(9(13)7(3)4)10(14)15-6-2/h5H,1,3,6H2,2,4H3. The van der Waals surface area contributed by atoms with Crippen molar-refractivity contribution in [3.05, 3.63) is 24.8 Å². The molecule has 0 atom stereocenters. The Morgan fingerprint density at radius 3 is 2.27 bits per heavy atom. The van der Waals surface area contributed by atoms with Crippen LogP contribution in [0.1, 0.15) is 13.8 Å². The molecule has 0 saturated heterocycles. The molecule has 5 nitrogen and oxygen atoms in total. The average Bonchev–Trinajstić information content (AvgIpc) is 2.17. The van der Waals surface area contributed by atoms with Gasteiger partial charge in [0.15, 0.2) is 0 Å². The Bertz CT molecular complexity index is 319. The zero-order valence-corrected chi connectivity index (χ0v) is 8.78. The minimum Gasteiger partial charge on any atom is -0.449 e. The van der Waals surface area contributed by atoms with Gasteiger partial charge in [-0.1, -0.05) is 13.2 Å². The summed E-state index contributed by atoms with van der Waals surface area (Å²) in [5.41, 5.74) is 0.0678. The first kappa shape index (κ1) is 13.1. The van der Waals surface area contributed by atoms with Gasteiger partial charge in [-0.3, -0.25) is 9.59 Å². The quantitative estimate of drug-likeness (QED) is 0.659. The maximum atomic E-state index is 11.4. The number of hydrogen-bond donors (Lipinski definition) is 0. The van der Waals surface area contributed by atoms with Crippen molar-refractivity contribution < 1.29 is 19.1 Å². The van der Waals surface area contributed by atoms with Crippen LogP contribution in [0, 0.1) is 0 Å². The molecular formula is C10H13NO4. The number of hydrogen-bond acceptors (Lipinski definition) is 4. The molecule has 0 radical (unpaired) electrons. The molecule has 0 unspecified atom stereocenters. The third-order valence-electron chi connectivity index (χ3n) is 1.41. The summed E-state index contributed by atoms with van der Waals surface area (Å²) >= 11 is 0. The van der Waals surface area contributed by atoms with Gasteiger partial charge in [0.2, 0.25) is 0 Å². The minimum absolute atomic E-state index is 0.0678. The molecule has 0 aliphatic carbocycles. The van der Waals surface area contributed by atoms with Gasteiger partial charge in [0.25, 0.3) is 11.8 Å². The molecule has 0 aromatic carbocycles. The van der Waals surface area contributed by atoms with E-state index >= 15 is 0 Å². The number of ether oxygens (including phenoxy) is 1. The van der Waals surface area contributed by atoms with Crippen molar-refractivity contribution in [2.45, 2.75) is 13.8 Å². The second kappa shape index (κ2) is 5.74. The summed E-state index contributed by atoms with van der Waals surface area (Å²) in [5.74, 6) is -1.63. The van der Waals surface area contributed by atoms with Crippen molar-refractivity contribution in [1.82, 2.24) is 4.90 Å². The first-order valence-corrected chi connectivity index (χ1v) is 4.28. The second-order valence-electron chi connectivity index (χ2n) is 2.66. The van der Waals surface area contributed by atoms with Gasteiger partial charge >= 0.3 is 6.09 Å². The van der Waals surface area contributed by atoms with E-state index in [0.29, 0.717) is 4.90 Å². The Kier molecular flexibility index (Phi) is 5.01. The summed E-state index contributed by atoms with van der Waals surface area (Å²) in [4.78, 5) is 34.3. The van der Waals surface area contributed by atoms with Crippen LogP contribution in [-0.2, 0) is 14.3 Å². The smallest absolute Gasteiger partial charge is 0.424 e. The molecule has 5 heteroatoms. The van der Waals surface area contributed by atoms with E-state index in [1.807, 2.05) is 0 Å². The van der Waals surface area contributed by atoms with E-state index in [1.54, 1.807) is 6.92 Å². The fraction of sp³-hybridized carbons (Fsp3) is 0.300. The van der Waals surface area contributed by atoms with Crippen molar-refractivity contribution in [3.8, 4) is 0 Å². The van der Waals surface area contributed by atoms with Gasteiger partial charge in [-0.2, -0.15) is 4.90 Å². The fourth-order valence-corrected chi connectivity index (χ4v) is 0.743. The Morgan fingerprint density at radius 2 is 1.93 bits per heavy atom. The number of nitrogens with zero attached hydrogens (tertiary/aromatic N) is 1. The van der Waals surface area contributed by atoms with Gasteiger partial charge in [0, 0.05) is 5.57 Å². The van der Waals surface area contributed by atoms with Crippen molar-refractivity contribution in [3.63, 3.8) is 0 Å². The summed E-state index contributed by atoms with van der Waals surface area (Å²) in [6.45, 7) is 9.57. The van der Waals surface area contributed by atoms with Crippen molar-refractivity contribution in [1.29, 1.82) is 0 Å². The SMILES string of the molecule is C=CC(=O)N(C(=O)OCC)C(=O)C(=C)C. The van der Waals surface area contributed by atoms with Gasteiger partial charge < -0.3 is 4.74 Å². The molecule has 0 aromatic rings. The summed E-state index contributed by atoms with van der Waals surface area (Å²) in [7, 11) is 0. The molecule has 15 heavy (non-hydrogen) atoms. The Hall–Kier alpha value is -1.91. The molecule has 0 aliphatic heterocycles. The predicted octanol–water partition coefficient (Wildman–Crippen LogP) is 1.26. The molecule has 0 fully saturated rings. The van der Waals surface area contributed by atoms with Crippen LogP contribution in [0.15, 0.2) is 24.8 Å². The van der Waals surface area contributed by atoms with E-state index < -0.39 is 17.9 Å². The Balaban J connectivity index is 4.97. The lowest BCUT2D eigenvalue weighted by atomic mass is 10.3. The molecule has 0 spiro atoms. The van der Waals surface area contributed by atoms with Crippen molar-refractivity contribution >= 4 is 17.9 Å².